The SMILES string of the molecule is C[C@](O)(CC(=O)CCCc1nn2ccc(Cl)cc2c1C1CCC1)c1ccccc1. The van der Waals surface area contributed by atoms with Gasteiger partial charge < -0.3 is 5.11 Å². The van der Waals surface area contributed by atoms with Crippen molar-refractivity contribution in [3.8, 4) is 0 Å². The van der Waals surface area contributed by atoms with Crippen LogP contribution in [0, 0.1) is 0 Å². The van der Waals surface area contributed by atoms with E-state index in [-0.39, 0.29) is 12.2 Å². The number of hydrogen-bond donors (Lipinski definition) is 1. The maximum atomic E-state index is 12.5. The molecule has 152 valence electrons. The van der Waals surface area contributed by atoms with Gasteiger partial charge in [0.1, 0.15) is 5.78 Å². The molecule has 1 aliphatic rings. The van der Waals surface area contributed by atoms with Crippen LogP contribution in [0.5, 0.6) is 0 Å². The largest absolute Gasteiger partial charge is 0.385 e. The second-order valence-electron chi connectivity index (χ2n) is 8.37. The van der Waals surface area contributed by atoms with Crippen molar-refractivity contribution in [2.24, 2.45) is 0 Å². The third-order valence-corrected chi connectivity index (χ3v) is 6.27. The van der Waals surface area contributed by atoms with Crippen LogP contribution in [-0.4, -0.2) is 20.5 Å². The normalized spacial score (nSPS) is 16.5. The number of benzene rings is 1. The lowest BCUT2D eigenvalue weighted by Crippen LogP contribution is -2.25. The van der Waals surface area contributed by atoms with E-state index in [2.05, 4.69) is 0 Å². The quantitative estimate of drug-likeness (QED) is 0.537. The molecule has 0 aliphatic heterocycles. The molecule has 1 aliphatic carbocycles. The first-order valence-corrected chi connectivity index (χ1v) is 10.8. The summed E-state index contributed by atoms with van der Waals surface area (Å²) in [4.78, 5) is 12.5. The van der Waals surface area contributed by atoms with E-state index in [0.29, 0.717) is 12.3 Å². The zero-order valence-electron chi connectivity index (χ0n) is 16.8. The fourth-order valence-corrected chi connectivity index (χ4v) is 4.40. The molecule has 1 aromatic carbocycles. The standard InChI is InChI=1S/C24H27ClN2O2/c1-24(29,18-9-3-2-4-10-18)16-20(28)11-6-12-21-23(17-7-5-8-17)22-15-19(25)13-14-27(22)26-21/h2-4,9-10,13-15,17,29H,5-8,11-12,16H2,1H3/t24-/m0/s1. The predicted molar refractivity (Wildman–Crippen MR) is 115 cm³/mol. The molecule has 0 unspecified atom stereocenters. The van der Waals surface area contributed by atoms with Gasteiger partial charge in [-0.15, -0.1) is 0 Å². The topological polar surface area (TPSA) is 54.6 Å². The highest BCUT2D eigenvalue weighted by atomic mass is 35.5. The molecule has 5 heteroatoms. The fourth-order valence-electron chi connectivity index (χ4n) is 4.24. The molecular weight excluding hydrogens is 384 g/mol. The van der Waals surface area contributed by atoms with Crippen molar-refractivity contribution >= 4 is 22.9 Å². The van der Waals surface area contributed by atoms with Crippen LogP contribution in [0.3, 0.4) is 0 Å². The average Bonchev–Trinajstić information content (AvgIpc) is 2.98. The number of aliphatic hydroxyl groups is 1. The van der Waals surface area contributed by atoms with Crippen molar-refractivity contribution in [3.05, 3.63) is 70.5 Å². The molecule has 0 saturated heterocycles. The van der Waals surface area contributed by atoms with Crippen LogP contribution in [0.4, 0.5) is 0 Å². The van der Waals surface area contributed by atoms with E-state index in [4.69, 9.17) is 16.7 Å². The van der Waals surface area contributed by atoms with Crippen molar-refractivity contribution in [3.63, 3.8) is 0 Å². The molecule has 1 atom stereocenters. The van der Waals surface area contributed by atoms with E-state index in [1.54, 1.807) is 6.92 Å². The highest BCUT2D eigenvalue weighted by Crippen LogP contribution is 2.41. The van der Waals surface area contributed by atoms with Gasteiger partial charge in [-0.2, -0.15) is 5.10 Å². The Hall–Kier alpha value is -2.17. The van der Waals surface area contributed by atoms with Gasteiger partial charge in [0, 0.05) is 29.6 Å². The Morgan fingerprint density at radius 2 is 2.03 bits per heavy atom. The van der Waals surface area contributed by atoms with Crippen LogP contribution in [-0.2, 0) is 16.8 Å². The molecule has 2 aromatic heterocycles. The summed E-state index contributed by atoms with van der Waals surface area (Å²) in [5, 5.41) is 16.2. The summed E-state index contributed by atoms with van der Waals surface area (Å²) in [7, 11) is 0. The summed E-state index contributed by atoms with van der Waals surface area (Å²) >= 11 is 6.21. The molecule has 29 heavy (non-hydrogen) atoms. The molecule has 1 saturated carbocycles. The number of fused-ring (bicyclic) bond motifs is 1. The number of aromatic nitrogens is 2. The van der Waals surface area contributed by atoms with E-state index >= 15 is 0 Å². The van der Waals surface area contributed by atoms with E-state index in [9.17, 15) is 9.90 Å². The van der Waals surface area contributed by atoms with Crippen molar-refractivity contribution in [2.75, 3.05) is 0 Å². The molecule has 0 spiro atoms. The van der Waals surface area contributed by atoms with Gasteiger partial charge in [0.05, 0.1) is 16.8 Å². The Labute approximate surface area is 176 Å². The van der Waals surface area contributed by atoms with Crippen LogP contribution in [0.2, 0.25) is 5.02 Å². The van der Waals surface area contributed by atoms with E-state index in [1.807, 2.05) is 53.2 Å². The lowest BCUT2D eigenvalue weighted by Gasteiger charge is -2.26. The zero-order valence-corrected chi connectivity index (χ0v) is 17.5. The van der Waals surface area contributed by atoms with Crippen LogP contribution in [0.15, 0.2) is 48.7 Å². The van der Waals surface area contributed by atoms with Gasteiger partial charge in [0.15, 0.2) is 0 Å². The lowest BCUT2D eigenvalue weighted by molar-refractivity contribution is -0.123. The summed E-state index contributed by atoms with van der Waals surface area (Å²) in [5.74, 6) is 0.631. The number of aryl methyl sites for hydroxylation is 1. The molecular formula is C24H27ClN2O2. The minimum Gasteiger partial charge on any atom is -0.385 e. The van der Waals surface area contributed by atoms with Gasteiger partial charge in [0.2, 0.25) is 0 Å². The van der Waals surface area contributed by atoms with Crippen molar-refractivity contribution in [1.82, 2.24) is 9.61 Å². The van der Waals surface area contributed by atoms with Gasteiger partial charge >= 0.3 is 0 Å². The minimum absolute atomic E-state index is 0.0795. The Balaban J connectivity index is 1.42. The first-order chi connectivity index (χ1) is 13.9. The first-order valence-electron chi connectivity index (χ1n) is 10.4. The van der Waals surface area contributed by atoms with Gasteiger partial charge in [0.25, 0.3) is 0 Å². The predicted octanol–water partition coefficient (Wildman–Crippen LogP) is 5.44. The number of carbonyl (C=O) groups excluding carboxylic acids is 1. The molecule has 4 nitrogen and oxygen atoms in total. The molecule has 3 aromatic rings. The van der Waals surface area contributed by atoms with Crippen molar-refractivity contribution in [2.45, 2.75) is 63.4 Å². The maximum Gasteiger partial charge on any atom is 0.136 e. The Bertz CT molecular complexity index is 1010. The third kappa shape index (κ3) is 4.39. The van der Waals surface area contributed by atoms with E-state index < -0.39 is 5.60 Å². The molecule has 1 N–H and O–H groups in total. The second kappa shape index (κ2) is 8.29. The monoisotopic (exact) mass is 410 g/mol. The highest BCUT2D eigenvalue weighted by molar-refractivity contribution is 6.30. The molecule has 0 radical (unpaired) electrons. The van der Waals surface area contributed by atoms with Gasteiger partial charge in [-0.25, -0.2) is 4.52 Å². The number of carbonyl (C=O) groups is 1. The summed E-state index contributed by atoms with van der Waals surface area (Å²) in [6, 6.07) is 13.2. The van der Waals surface area contributed by atoms with Crippen LogP contribution in [0.1, 0.15) is 68.2 Å². The summed E-state index contributed by atoms with van der Waals surface area (Å²) in [6.07, 6.45) is 7.64. The van der Waals surface area contributed by atoms with Crippen LogP contribution < -0.4 is 0 Å². The summed E-state index contributed by atoms with van der Waals surface area (Å²) in [5.41, 5.74) is 3.13. The second-order valence-corrected chi connectivity index (χ2v) is 8.81. The molecule has 2 heterocycles. The first kappa shape index (κ1) is 20.1. The van der Waals surface area contributed by atoms with Gasteiger partial charge in [-0.1, -0.05) is 48.4 Å². The maximum absolute atomic E-state index is 12.5. The van der Waals surface area contributed by atoms with E-state index in [0.717, 1.165) is 34.6 Å². The van der Waals surface area contributed by atoms with Crippen LogP contribution in [0.25, 0.3) is 5.52 Å². The molecule has 0 amide bonds. The van der Waals surface area contributed by atoms with Gasteiger partial charge in [-0.3, -0.25) is 4.79 Å². The number of hydrogen-bond acceptors (Lipinski definition) is 3. The number of rotatable bonds is 8. The number of ketones is 1. The average molecular weight is 411 g/mol. The number of nitrogens with zero attached hydrogens (tertiary/aromatic N) is 2. The number of pyridine rings is 1. The molecule has 4 rings (SSSR count). The number of halogens is 1. The van der Waals surface area contributed by atoms with Crippen LogP contribution >= 0.6 is 11.6 Å². The Morgan fingerprint density at radius 3 is 2.72 bits per heavy atom. The van der Waals surface area contributed by atoms with E-state index in [1.165, 1.54) is 24.8 Å². The molecule has 1 fully saturated rings. The summed E-state index contributed by atoms with van der Waals surface area (Å²) in [6.45, 7) is 1.71. The third-order valence-electron chi connectivity index (χ3n) is 6.03. The number of Topliss-reactive ketones (excluding diaryl/α,β-unsaturated/α-hetero) is 1. The Kier molecular flexibility index (Phi) is 5.75. The fraction of sp³-hybridized carbons (Fsp3) is 0.417. The molecule has 0 bridgehead atoms. The Morgan fingerprint density at radius 1 is 1.28 bits per heavy atom. The van der Waals surface area contributed by atoms with Crippen molar-refractivity contribution in [1.29, 1.82) is 0 Å². The summed E-state index contributed by atoms with van der Waals surface area (Å²) < 4.78 is 1.91. The zero-order chi connectivity index (χ0) is 20.4. The smallest absolute Gasteiger partial charge is 0.136 e. The lowest BCUT2D eigenvalue weighted by atomic mass is 9.78. The minimum atomic E-state index is -1.13. The van der Waals surface area contributed by atoms with Gasteiger partial charge in [-0.05, 0) is 56.2 Å². The van der Waals surface area contributed by atoms with Crippen molar-refractivity contribution < 1.29 is 9.90 Å². The highest BCUT2D eigenvalue weighted by Gasteiger charge is 2.28.